The smallest absolute Gasteiger partial charge is 0.286 e. The first-order valence-electron chi connectivity index (χ1n) is 5.14. The molecule has 100 valence electrons. The maximum Gasteiger partial charge on any atom is 0.475 e. The van der Waals surface area contributed by atoms with Crippen LogP contribution in [0.5, 0.6) is 0 Å². The van der Waals surface area contributed by atoms with Gasteiger partial charge in [0.05, 0.1) is 19.8 Å². The molecular weight excluding hydrogens is 271 g/mol. The third-order valence-electron chi connectivity index (χ3n) is 2.33. The predicted octanol–water partition coefficient (Wildman–Crippen LogP) is 0.913. The molecule has 0 radical (unpaired) electrons. The fraction of sp³-hybridized carbons (Fsp3) is 1.00. The Hall–Kier alpha value is 0.0200. The van der Waals surface area contributed by atoms with E-state index in [-0.39, 0.29) is 31.0 Å². The first-order chi connectivity index (χ1) is 7.70. The molecule has 9 heteroatoms. The molecule has 0 aromatic carbocycles. The Bertz CT molecular complexity index is 429. The Morgan fingerprint density at radius 1 is 1.29 bits per heavy atom. The molecule has 2 fully saturated rings. The fourth-order valence-corrected chi connectivity index (χ4v) is 4.28. The molecule has 2 heterocycles. The van der Waals surface area contributed by atoms with Gasteiger partial charge < -0.3 is 0 Å². The first-order valence-corrected chi connectivity index (χ1v) is 8.18. The molecule has 17 heavy (non-hydrogen) atoms. The summed E-state index contributed by atoms with van der Waals surface area (Å²) in [6.45, 7) is 4.14. The van der Waals surface area contributed by atoms with Crippen molar-refractivity contribution >= 4 is 17.9 Å². The largest absolute Gasteiger partial charge is 0.475 e. The Morgan fingerprint density at radius 2 is 1.88 bits per heavy atom. The van der Waals surface area contributed by atoms with Gasteiger partial charge in [0.2, 0.25) is 0 Å². The van der Waals surface area contributed by atoms with E-state index in [0.717, 1.165) is 0 Å². The maximum atomic E-state index is 12.0. The SMILES string of the molecule is CC1(C)COP(=O)(OC2COS(=O)(=O)C2)OC1. The van der Waals surface area contributed by atoms with Gasteiger partial charge in [-0.1, -0.05) is 13.8 Å². The summed E-state index contributed by atoms with van der Waals surface area (Å²) in [6, 6.07) is 0. The van der Waals surface area contributed by atoms with Crippen LogP contribution in [0, 0.1) is 5.41 Å². The Kier molecular flexibility index (Phi) is 3.40. The predicted molar refractivity (Wildman–Crippen MR) is 57.9 cm³/mol. The van der Waals surface area contributed by atoms with Gasteiger partial charge in [0.25, 0.3) is 10.1 Å². The van der Waals surface area contributed by atoms with E-state index in [1.54, 1.807) is 0 Å². The lowest BCUT2D eigenvalue weighted by Crippen LogP contribution is -2.31. The molecule has 0 aliphatic carbocycles. The molecule has 0 N–H and O–H groups in total. The number of phosphoric ester groups is 1. The van der Waals surface area contributed by atoms with Gasteiger partial charge >= 0.3 is 7.82 Å². The molecule has 0 aromatic heterocycles. The van der Waals surface area contributed by atoms with Crippen LogP contribution in [0.15, 0.2) is 0 Å². The molecule has 0 spiro atoms. The van der Waals surface area contributed by atoms with E-state index in [4.69, 9.17) is 13.6 Å². The van der Waals surface area contributed by atoms with Crippen molar-refractivity contribution in [2.75, 3.05) is 25.6 Å². The maximum absolute atomic E-state index is 12.0. The van der Waals surface area contributed by atoms with E-state index in [1.165, 1.54) is 0 Å². The van der Waals surface area contributed by atoms with E-state index in [0.29, 0.717) is 0 Å². The van der Waals surface area contributed by atoms with Crippen molar-refractivity contribution < 1.29 is 30.7 Å². The lowest BCUT2D eigenvalue weighted by molar-refractivity contribution is -0.0110. The topological polar surface area (TPSA) is 88.1 Å². The third kappa shape index (κ3) is 3.49. The van der Waals surface area contributed by atoms with Crippen molar-refractivity contribution in [3.8, 4) is 0 Å². The van der Waals surface area contributed by atoms with Crippen molar-refractivity contribution in [2.45, 2.75) is 20.0 Å². The minimum absolute atomic E-state index is 0.150. The van der Waals surface area contributed by atoms with Crippen molar-refractivity contribution in [3.63, 3.8) is 0 Å². The molecule has 2 aliphatic rings. The lowest BCUT2D eigenvalue weighted by Gasteiger charge is -2.33. The number of rotatable bonds is 2. The van der Waals surface area contributed by atoms with Gasteiger partial charge in [0, 0.05) is 5.41 Å². The lowest BCUT2D eigenvalue weighted by atomic mass is 9.97. The van der Waals surface area contributed by atoms with Crippen molar-refractivity contribution in [2.24, 2.45) is 5.41 Å². The van der Waals surface area contributed by atoms with Gasteiger partial charge in [0.15, 0.2) is 0 Å². The second-order valence-corrected chi connectivity index (χ2v) is 8.20. The standard InChI is InChI=1S/C8H15O7PS/c1-8(2)5-12-16(9,13-6-8)15-7-3-14-17(10,11)4-7/h7H,3-6H2,1-2H3. The minimum atomic E-state index is -3.64. The van der Waals surface area contributed by atoms with Crippen LogP contribution in [0.1, 0.15) is 13.8 Å². The van der Waals surface area contributed by atoms with Crippen LogP contribution in [-0.4, -0.2) is 40.1 Å². The van der Waals surface area contributed by atoms with Gasteiger partial charge in [0.1, 0.15) is 11.9 Å². The summed E-state index contributed by atoms with van der Waals surface area (Å²) in [5.74, 6) is -0.326. The van der Waals surface area contributed by atoms with Crippen LogP contribution in [0.25, 0.3) is 0 Å². The van der Waals surface area contributed by atoms with Gasteiger partial charge in [-0.3, -0.25) is 17.8 Å². The zero-order valence-corrected chi connectivity index (χ0v) is 11.3. The number of hydrogen-bond acceptors (Lipinski definition) is 7. The molecule has 0 saturated carbocycles. The first kappa shape index (κ1) is 13.5. The van der Waals surface area contributed by atoms with Crippen LogP contribution in [-0.2, 0) is 32.4 Å². The summed E-state index contributed by atoms with van der Waals surface area (Å²) in [4.78, 5) is 0. The minimum Gasteiger partial charge on any atom is -0.286 e. The average Bonchev–Trinajstić information content (AvgIpc) is 2.52. The second kappa shape index (κ2) is 4.29. The molecule has 7 nitrogen and oxygen atoms in total. The quantitative estimate of drug-likeness (QED) is 0.550. The molecule has 0 bridgehead atoms. The van der Waals surface area contributed by atoms with Crippen molar-refractivity contribution in [1.29, 1.82) is 0 Å². The van der Waals surface area contributed by atoms with Gasteiger partial charge in [-0.15, -0.1) is 0 Å². The van der Waals surface area contributed by atoms with E-state index in [9.17, 15) is 13.0 Å². The molecule has 2 saturated heterocycles. The van der Waals surface area contributed by atoms with Gasteiger partial charge in [-0.05, 0) is 0 Å². The number of phosphoric acid groups is 1. The van der Waals surface area contributed by atoms with Crippen LogP contribution in [0.3, 0.4) is 0 Å². The van der Waals surface area contributed by atoms with Crippen molar-refractivity contribution in [1.82, 2.24) is 0 Å². The normalized spacial score (nSPS) is 34.6. The van der Waals surface area contributed by atoms with Gasteiger partial charge in [-0.25, -0.2) is 4.57 Å². The highest BCUT2D eigenvalue weighted by Crippen LogP contribution is 2.55. The summed E-state index contributed by atoms with van der Waals surface area (Å²) in [5.41, 5.74) is -0.227. The van der Waals surface area contributed by atoms with E-state index < -0.39 is 24.0 Å². The van der Waals surface area contributed by atoms with Crippen LogP contribution in [0.2, 0.25) is 0 Å². The summed E-state index contributed by atoms with van der Waals surface area (Å²) < 4.78 is 53.7. The molecule has 1 unspecified atom stereocenters. The zero-order chi connectivity index (χ0) is 12.7. The number of hydrogen-bond donors (Lipinski definition) is 0. The van der Waals surface area contributed by atoms with E-state index in [1.807, 2.05) is 13.8 Å². The Morgan fingerprint density at radius 3 is 2.35 bits per heavy atom. The van der Waals surface area contributed by atoms with Gasteiger partial charge in [-0.2, -0.15) is 8.42 Å². The average molecular weight is 286 g/mol. The fourth-order valence-electron chi connectivity index (χ4n) is 1.39. The Labute approximate surface area is 100 Å². The molecule has 0 amide bonds. The van der Waals surface area contributed by atoms with Crippen LogP contribution < -0.4 is 0 Å². The van der Waals surface area contributed by atoms with Crippen LogP contribution in [0.4, 0.5) is 0 Å². The highest BCUT2D eigenvalue weighted by atomic mass is 32.2. The molecule has 1 atom stereocenters. The van der Waals surface area contributed by atoms with E-state index >= 15 is 0 Å². The third-order valence-corrected chi connectivity index (χ3v) is 5.05. The zero-order valence-electron chi connectivity index (χ0n) is 9.62. The van der Waals surface area contributed by atoms with E-state index in [2.05, 4.69) is 4.18 Å². The van der Waals surface area contributed by atoms with Crippen molar-refractivity contribution in [3.05, 3.63) is 0 Å². The summed E-state index contributed by atoms with van der Waals surface area (Å²) in [5, 5.41) is 0. The monoisotopic (exact) mass is 286 g/mol. The molecular formula is C8H15O7PS. The highest BCUT2D eigenvalue weighted by molar-refractivity contribution is 7.87. The summed E-state index contributed by atoms with van der Waals surface area (Å²) in [6.07, 6.45) is -0.799. The van der Waals surface area contributed by atoms with Crippen LogP contribution >= 0.6 is 7.82 Å². The second-order valence-electron chi connectivity index (χ2n) is 4.89. The Balaban J connectivity index is 1.94. The molecule has 2 aliphatic heterocycles. The molecule has 0 aromatic rings. The summed E-state index contributed by atoms with van der Waals surface area (Å²) >= 11 is 0. The molecule has 2 rings (SSSR count). The highest BCUT2D eigenvalue weighted by Gasteiger charge is 2.42. The summed E-state index contributed by atoms with van der Waals surface area (Å²) in [7, 11) is -7.20.